The lowest BCUT2D eigenvalue weighted by atomic mass is 10.3. The molecule has 1 aromatic heterocycles. The highest BCUT2D eigenvalue weighted by atomic mass is 32.2. The molecule has 0 unspecified atom stereocenters. The van der Waals surface area contributed by atoms with Crippen molar-refractivity contribution in [2.75, 3.05) is 10.5 Å². The number of aryl methyl sites for hydroxylation is 1. The quantitative estimate of drug-likeness (QED) is 0.496. The van der Waals surface area contributed by atoms with Gasteiger partial charge in [-0.1, -0.05) is 11.2 Å². The minimum absolute atomic E-state index is 0.0933. The van der Waals surface area contributed by atoms with Gasteiger partial charge in [-0.2, -0.15) is 0 Å². The van der Waals surface area contributed by atoms with E-state index in [1.165, 1.54) is 12.1 Å². The van der Waals surface area contributed by atoms with E-state index < -0.39 is 25.5 Å². The molecule has 0 radical (unpaired) electrons. The Labute approximate surface area is 119 Å². The molecule has 21 heavy (non-hydrogen) atoms. The molecule has 0 aliphatic rings. The fourth-order valence-electron chi connectivity index (χ4n) is 1.64. The van der Waals surface area contributed by atoms with Gasteiger partial charge in [-0.3, -0.25) is 10.1 Å². The Morgan fingerprint density at radius 1 is 1.38 bits per heavy atom. The van der Waals surface area contributed by atoms with Crippen LogP contribution in [0.2, 0.25) is 0 Å². The summed E-state index contributed by atoms with van der Waals surface area (Å²) in [4.78, 5) is 9.62. The number of nitrogens with two attached hydrogens (primary N) is 1. The van der Waals surface area contributed by atoms with Gasteiger partial charge in [0.2, 0.25) is 5.88 Å². The van der Waals surface area contributed by atoms with Crippen molar-refractivity contribution in [1.29, 1.82) is 0 Å². The first-order chi connectivity index (χ1) is 9.74. The number of rotatable bonds is 4. The molecule has 2 rings (SSSR count). The van der Waals surface area contributed by atoms with Gasteiger partial charge >= 0.3 is 5.69 Å². The van der Waals surface area contributed by atoms with Gasteiger partial charge in [-0.15, -0.1) is 0 Å². The summed E-state index contributed by atoms with van der Waals surface area (Å²) in [5.74, 6) is -0.0933. The topological polar surface area (TPSA) is 141 Å². The Morgan fingerprint density at radius 3 is 2.57 bits per heavy atom. The fraction of sp³-hybridized carbons (Fsp3) is 0.182. The Morgan fingerprint density at radius 2 is 2.05 bits per heavy atom. The van der Waals surface area contributed by atoms with Crippen molar-refractivity contribution in [3.05, 3.63) is 39.6 Å². The zero-order chi connectivity index (χ0) is 15.8. The van der Waals surface area contributed by atoms with Gasteiger partial charge in [-0.05, 0) is 26.0 Å². The molecule has 0 aliphatic heterocycles. The van der Waals surface area contributed by atoms with Crippen LogP contribution in [0.4, 0.5) is 17.3 Å². The molecule has 1 aromatic carbocycles. The summed E-state index contributed by atoms with van der Waals surface area (Å²) < 4.78 is 31.5. The SMILES string of the molecule is Cc1noc(NS(=O)(=O)c2cccc(N)c2[N+](=O)[O-])c1C. The number of nitrogen functional groups attached to an aromatic ring is 1. The van der Waals surface area contributed by atoms with Crippen LogP contribution < -0.4 is 10.5 Å². The molecular weight excluding hydrogens is 300 g/mol. The number of benzene rings is 1. The van der Waals surface area contributed by atoms with E-state index in [9.17, 15) is 18.5 Å². The lowest BCUT2D eigenvalue weighted by Crippen LogP contribution is -2.15. The van der Waals surface area contributed by atoms with E-state index >= 15 is 0 Å². The van der Waals surface area contributed by atoms with Crippen LogP contribution in [0.3, 0.4) is 0 Å². The van der Waals surface area contributed by atoms with Crippen LogP contribution in [0.25, 0.3) is 0 Å². The van der Waals surface area contributed by atoms with Gasteiger partial charge in [-0.25, -0.2) is 13.1 Å². The summed E-state index contributed by atoms with van der Waals surface area (Å²) in [6.07, 6.45) is 0. The molecule has 1 heterocycles. The van der Waals surface area contributed by atoms with Crippen LogP contribution in [0.15, 0.2) is 27.6 Å². The van der Waals surface area contributed by atoms with Gasteiger partial charge in [0, 0.05) is 5.56 Å². The number of nitro groups is 1. The number of aromatic nitrogens is 1. The van der Waals surface area contributed by atoms with E-state index in [0.29, 0.717) is 11.3 Å². The first kappa shape index (κ1) is 14.8. The Hall–Kier alpha value is -2.62. The minimum Gasteiger partial charge on any atom is -0.393 e. The summed E-state index contributed by atoms with van der Waals surface area (Å²) in [5.41, 5.74) is 5.55. The molecule has 9 nitrogen and oxygen atoms in total. The highest BCUT2D eigenvalue weighted by Gasteiger charge is 2.29. The number of hydrogen-bond donors (Lipinski definition) is 2. The molecule has 0 saturated heterocycles. The number of nitro benzene ring substituents is 1. The Bertz CT molecular complexity index is 812. The number of hydrogen-bond acceptors (Lipinski definition) is 7. The number of nitrogens with zero attached hydrogens (tertiary/aromatic N) is 2. The van der Waals surface area contributed by atoms with Crippen molar-refractivity contribution in [2.45, 2.75) is 18.7 Å². The molecule has 0 atom stereocenters. The van der Waals surface area contributed by atoms with E-state index in [2.05, 4.69) is 9.88 Å². The number of anilines is 2. The van der Waals surface area contributed by atoms with Crippen LogP contribution >= 0.6 is 0 Å². The van der Waals surface area contributed by atoms with Gasteiger partial charge in [0.15, 0.2) is 4.90 Å². The van der Waals surface area contributed by atoms with E-state index in [0.717, 1.165) is 6.07 Å². The predicted molar refractivity (Wildman–Crippen MR) is 74.3 cm³/mol. The van der Waals surface area contributed by atoms with Crippen molar-refractivity contribution in [3.63, 3.8) is 0 Å². The second-order valence-electron chi connectivity index (χ2n) is 4.28. The third-order valence-electron chi connectivity index (χ3n) is 2.89. The average Bonchev–Trinajstić information content (AvgIpc) is 2.69. The van der Waals surface area contributed by atoms with Crippen molar-refractivity contribution < 1.29 is 17.9 Å². The fourth-order valence-corrected chi connectivity index (χ4v) is 2.89. The molecule has 2 aromatic rings. The Balaban J connectivity index is 2.53. The largest absolute Gasteiger partial charge is 0.393 e. The van der Waals surface area contributed by atoms with E-state index in [1.807, 2.05) is 0 Å². The van der Waals surface area contributed by atoms with E-state index in [-0.39, 0.29) is 11.6 Å². The number of nitrogens with one attached hydrogen (secondary N) is 1. The highest BCUT2D eigenvalue weighted by Crippen LogP contribution is 2.31. The Kier molecular flexibility index (Phi) is 3.56. The summed E-state index contributed by atoms with van der Waals surface area (Å²) in [7, 11) is -4.23. The van der Waals surface area contributed by atoms with Crippen molar-refractivity contribution in [1.82, 2.24) is 5.16 Å². The smallest absolute Gasteiger partial charge is 0.312 e. The van der Waals surface area contributed by atoms with Gasteiger partial charge < -0.3 is 10.3 Å². The maximum absolute atomic E-state index is 12.3. The van der Waals surface area contributed by atoms with Crippen LogP contribution in [0.1, 0.15) is 11.3 Å². The maximum Gasteiger partial charge on any atom is 0.312 e. The first-order valence-corrected chi connectivity index (χ1v) is 7.21. The predicted octanol–water partition coefficient (Wildman–Crippen LogP) is 1.58. The summed E-state index contributed by atoms with van der Waals surface area (Å²) in [6, 6.07) is 3.66. The maximum atomic E-state index is 12.3. The lowest BCUT2D eigenvalue weighted by molar-refractivity contribution is -0.386. The second-order valence-corrected chi connectivity index (χ2v) is 5.93. The zero-order valence-corrected chi connectivity index (χ0v) is 12.0. The van der Waals surface area contributed by atoms with Gasteiger partial charge in [0.1, 0.15) is 5.69 Å². The molecule has 0 fully saturated rings. The molecule has 10 heteroatoms. The molecule has 0 saturated carbocycles. The lowest BCUT2D eigenvalue weighted by Gasteiger charge is -2.07. The van der Waals surface area contributed by atoms with Gasteiger partial charge in [0.25, 0.3) is 10.0 Å². The van der Waals surface area contributed by atoms with E-state index in [1.54, 1.807) is 13.8 Å². The average molecular weight is 312 g/mol. The summed E-state index contributed by atoms with van der Waals surface area (Å²) >= 11 is 0. The molecule has 0 bridgehead atoms. The summed E-state index contributed by atoms with van der Waals surface area (Å²) in [6.45, 7) is 3.25. The number of para-hydroxylation sites is 1. The number of sulfonamides is 1. The van der Waals surface area contributed by atoms with Crippen LogP contribution in [-0.4, -0.2) is 18.5 Å². The van der Waals surface area contributed by atoms with Crippen LogP contribution in [0, 0.1) is 24.0 Å². The first-order valence-electron chi connectivity index (χ1n) is 5.72. The highest BCUT2D eigenvalue weighted by molar-refractivity contribution is 7.92. The monoisotopic (exact) mass is 312 g/mol. The van der Waals surface area contributed by atoms with Crippen molar-refractivity contribution in [3.8, 4) is 0 Å². The molecule has 0 spiro atoms. The summed E-state index contributed by atoms with van der Waals surface area (Å²) in [5, 5.41) is 14.6. The van der Waals surface area contributed by atoms with Crippen molar-refractivity contribution >= 4 is 27.3 Å². The zero-order valence-electron chi connectivity index (χ0n) is 11.2. The van der Waals surface area contributed by atoms with Crippen LogP contribution in [0.5, 0.6) is 0 Å². The molecule has 3 N–H and O–H groups in total. The third-order valence-corrected chi connectivity index (χ3v) is 4.25. The molecule has 0 amide bonds. The van der Waals surface area contributed by atoms with Crippen LogP contribution in [-0.2, 0) is 10.0 Å². The standard InChI is InChI=1S/C11H12N4O5S/c1-6-7(2)13-20-11(6)14-21(18,19)9-5-3-4-8(12)10(9)15(16)17/h3-5,14H,12H2,1-2H3. The molecule has 0 aliphatic carbocycles. The third kappa shape index (κ3) is 2.65. The van der Waals surface area contributed by atoms with Gasteiger partial charge in [0.05, 0.1) is 10.6 Å². The van der Waals surface area contributed by atoms with E-state index in [4.69, 9.17) is 10.3 Å². The molecule has 112 valence electrons. The normalized spacial score (nSPS) is 11.3. The second kappa shape index (κ2) is 5.05. The minimum atomic E-state index is -4.23. The molecular formula is C11H12N4O5S. The van der Waals surface area contributed by atoms with Crippen molar-refractivity contribution in [2.24, 2.45) is 0 Å².